The number of ketones is 1. The Hall–Kier alpha value is -2.09. The lowest BCUT2D eigenvalue weighted by Crippen LogP contribution is -2.03. The van der Waals surface area contributed by atoms with Gasteiger partial charge >= 0.3 is 0 Å². The van der Waals surface area contributed by atoms with Gasteiger partial charge in [-0.05, 0) is 6.07 Å². The van der Waals surface area contributed by atoms with Crippen LogP contribution in [0.4, 0.5) is 0 Å². The average Bonchev–Trinajstić information content (AvgIpc) is 2.33. The molecule has 0 atom stereocenters. The standard InChI is InChI=1S/C14H12O2/c15-13-9-5-4-8-12(13)10-14(16)11-6-2-1-3-7-11/h1-9,15H,10H2. The number of hydrogen-bond acceptors (Lipinski definition) is 2. The first-order valence-corrected chi connectivity index (χ1v) is 5.12. The van der Waals surface area contributed by atoms with Gasteiger partial charge in [0.05, 0.1) is 0 Å². The first-order chi connectivity index (χ1) is 7.77. The Morgan fingerprint density at radius 1 is 0.938 bits per heavy atom. The molecule has 0 unspecified atom stereocenters. The van der Waals surface area contributed by atoms with Crippen LogP contribution in [0.1, 0.15) is 15.9 Å². The van der Waals surface area contributed by atoms with Crippen molar-refractivity contribution in [3.05, 3.63) is 65.7 Å². The molecule has 2 rings (SSSR count). The van der Waals surface area contributed by atoms with Crippen molar-refractivity contribution in [2.45, 2.75) is 6.42 Å². The molecule has 0 aromatic heterocycles. The molecule has 1 N–H and O–H groups in total. The van der Waals surface area contributed by atoms with Crippen LogP contribution in [0, 0.1) is 0 Å². The Balaban J connectivity index is 2.18. The summed E-state index contributed by atoms with van der Waals surface area (Å²) >= 11 is 0. The Morgan fingerprint density at radius 2 is 1.56 bits per heavy atom. The highest BCUT2D eigenvalue weighted by atomic mass is 16.3. The molecule has 2 heteroatoms. The molecule has 16 heavy (non-hydrogen) atoms. The lowest BCUT2D eigenvalue weighted by molar-refractivity contribution is 0.0992. The second-order valence-corrected chi connectivity index (χ2v) is 3.59. The van der Waals surface area contributed by atoms with Gasteiger partial charge in [0.25, 0.3) is 0 Å². The molecule has 2 aromatic rings. The number of hydrogen-bond donors (Lipinski definition) is 1. The first kappa shape index (κ1) is 10.4. The predicted molar refractivity (Wildman–Crippen MR) is 62.6 cm³/mol. The van der Waals surface area contributed by atoms with Crippen LogP contribution < -0.4 is 0 Å². The quantitative estimate of drug-likeness (QED) is 0.794. The van der Waals surface area contributed by atoms with E-state index in [4.69, 9.17) is 0 Å². The van der Waals surface area contributed by atoms with Gasteiger partial charge in [0, 0.05) is 17.5 Å². The van der Waals surface area contributed by atoms with E-state index >= 15 is 0 Å². The minimum Gasteiger partial charge on any atom is -0.508 e. The van der Waals surface area contributed by atoms with Crippen LogP contribution in [0.5, 0.6) is 5.75 Å². The Kier molecular flexibility index (Phi) is 3.01. The Morgan fingerprint density at radius 3 is 2.25 bits per heavy atom. The zero-order valence-electron chi connectivity index (χ0n) is 8.76. The fourth-order valence-electron chi connectivity index (χ4n) is 1.56. The van der Waals surface area contributed by atoms with E-state index in [0.29, 0.717) is 11.1 Å². The van der Waals surface area contributed by atoms with E-state index in [2.05, 4.69) is 0 Å². The SMILES string of the molecule is O=C(Cc1ccccc1O)c1ccccc1. The van der Waals surface area contributed by atoms with E-state index < -0.39 is 0 Å². The lowest BCUT2D eigenvalue weighted by Gasteiger charge is -2.03. The third-order valence-corrected chi connectivity index (χ3v) is 2.44. The van der Waals surface area contributed by atoms with Crippen molar-refractivity contribution in [2.24, 2.45) is 0 Å². The smallest absolute Gasteiger partial charge is 0.167 e. The minimum atomic E-state index is 0.0158. The van der Waals surface area contributed by atoms with Crippen molar-refractivity contribution in [3.8, 4) is 5.75 Å². The summed E-state index contributed by atoms with van der Waals surface area (Å²) in [5.41, 5.74) is 1.34. The predicted octanol–water partition coefficient (Wildman–Crippen LogP) is 2.82. The maximum absolute atomic E-state index is 11.9. The van der Waals surface area contributed by atoms with E-state index in [1.54, 1.807) is 30.3 Å². The molecule has 0 bridgehead atoms. The summed E-state index contributed by atoms with van der Waals surface area (Å²) in [5.74, 6) is 0.189. The second kappa shape index (κ2) is 4.62. The van der Waals surface area contributed by atoms with Crippen LogP contribution in [0.15, 0.2) is 54.6 Å². The number of para-hydroxylation sites is 1. The van der Waals surface area contributed by atoms with Crippen molar-refractivity contribution in [1.29, 1.82) is 0 Å². The Bertz CT molecular complexity index is 489. The number of carbonyl (C=O) groups excluding carboxylic acids is 1. The molecule has 0 aliphatic rings. The summed E-state index contributed by atoms with van der Waals surface area (Å²) in [6, 6.07) is 16.0. The van der Waals surface area contributed by atoms with Crippen LogP contribution in [0.2, 0.25) is 0 Å². The minimum absolute atomic E-state index is 0.0158. The summed E-state index contributed by atoms with van der Waals surface area (Å²) in [7, 11) is 0. The van der Waals surface area contributed by atoms with E-state index in [1.807, 2.05) is 24.3 Å². The van der Waals surface area contributed by atoms with E-state index in [0.717, 1.165) is 0 Å². The molecule has 0 aliphatic carbocycles. The number of benzene rings is 2. The van der Waals surface area contributed by atoms with Crippen molar-refractivity contribution in [3.63, 3.8) is 0 Å². The van der Waals surface area contributed by atoms with Gasteiger partial charge in [0.15, 0.2) is 5.78 Å². The number of rotatable bonds is 3. The molecule has 2 aromatic carbocycles. The first-order valence-electron chi connectivity index (χ1n) is 5.12. The highest BCUT2D eigenvalue weighted by Gasteiger charge is 2.08. The molecule has 0 fully saturated rings. The molecule has 0 heterocycles. The van der Waals surface area contributed by atoms with Crippen LogP contribution >= 0.6 is 0 Å². The van der Waals surface area contributed by atoms with Crippen LogP contribution in [0.3, 0.4) is 0 Å². The third-order valence-electron chi connectivity index (χ3n) is 2.44. The lowest BCUT2D eigenvalue weighted by atomic mass is 10.0. The number of carbonyl (C=O) groups is 1. The highest BCUT2D eigenvalue weighted by molar-refractivity contribution is 5.97. The van der Waals surface area contributed by atoms with Crippen molar-refractivity contribution >= 4 is 5.78 Å². The molecular weight excluding hydrogens is 200 g/mol. The molecule has 0 spiro atoms. The summed E-state index contributed by atoms with van der Waals surface area (Å²) < 4.78 is 0. The zero-order chi connectivity index (χ0) is 11.4. The van der Waals surface area contributed by atoms with Gasteiger partial charge in [0.2, 0.25) is 0 Å². The fourth-order valence-corrected chi connectivity index (χ4v) is 1.56. The monoisotopic (exact) mass is 212 g/mol. The zero-order valence-corrected chi connectivity index (χ0v) is 8.76. The molecule has 0 saturated heterocycles. The summed E-state index contributed by atoms with van der Waals surface area (Å²) in [5, 5.41) is 9.55. The number of phenolic OH excluding ortho intramolecular Hbond substituents is 1. The molecule has 2 nitrogen and oxygen atoms in total. The topological polar surface area (TPSA) is 37.3 Å². The third kappa shape index (κ3) is 2.28. The number of phenols is 1. The van der Waals surface area contributed by atoms with E-state index in [9.17, 15) is 9.90 Å². The fraction of sp³-hybridized carbons (Fsp3) is 0.0714. The van der Waals surface area contributed by atoms with Gasteiger partial charge in [0.1, 0.15) is 5.75 Å². The second-order valence-electron chi connectivity index (χ2n) is 3.59. The van der Waals surface area contributed by atoms with Gasteiger partial charge in [-0.2, -0.15) is 0 Å². The van der Waals surface area contributed by atoms with Crippen molar-refractivity contribution in [2.75, 3.05) is 0 Å². The maximum Gasteiger partial charge on any atom is 0.167 e. The molecular formula is C14H12O2. The van der Waals surface area contributed by atoms with Crippen LogP contribution in [0.25, 0.3) is 0 Å². The highest BCUT2D eigenvalue weighted by Crippen LogP contribution is 2.17. The summed E-state index contributed by atoms with van der Waals surface area (Å²) in [4.78, 5) is 11.9. The average molecular weight is 212 g/mol. The largest absolute Gasteiger partial charge is 0.508 e. The van der Waals surface area contributed by atoms with Crippen molar-refractivity contribution in [1.82, 2.24) is 0 Å². The Labute approximate surface area is 94.2 Å². The molecule has 80 valence electrons. The van der Waals surface area contributed by atoms with Crippen LogP contribution in [-0.2, 0) is 6.42 Å². The summed E-state index contributed by atoms with van der Waals surface area (Å²) in [6.07, 6.45) is 0.233. The normalized spacial score (nSPS) is 10.0. The van der Waals surface area contributed by atoms with Gasteiger partial charge in [-0.3, -0.25) is 4.79 Å². The van der Waals surface area contributed by atoms with E-state index in [1.165, 1.54) is 0 Å². The molecule has 0 saturated carbocycles. The van der Waals surface area contributed by atoms with Gasteiger partial charge < -0.3 is 5.11 Å². The van der Waals surface area contributed by atoms with Crippen LogP contribution in [-0.4, -0.2) is 10.9 Å². The number of Topliss-reactive ketones (excluding diaryl/α,β-unsaturated/α-hetero) is 1. The summed E-state index contributed by atoms with van der Waals surface area (Å²) in [6.45, 7) is 0. The molecule has 0 amide bonds. The van der Waals surface area contributed by atoms with E-state index in [-0.39, 0.29) is 18.0 Å². The van der Waals surface area contributed by atoms with Gasteiger partial charge in [-0.1, -0.05) is 48.5 Å². The van der Waals surface area contributed by atoms with Gasteiger partial charge in [-0.25, -0.2) is 0 Å². The van der Waals surface area contributed by atoms with Gasteiger partial charge in [-0.15, -0.1) is 0 Å². The molecule has 0 radical (unpaired) electrons. The maximum atomic E-state index is 11.9. The van der Waals surface area contributed by atoms with Crippen molar-refractivity contribution < 1.29 is 9.90 Å². The number of aromatic hydroxyl groups is 1. The molecule has 0 aliphatic heterocycles.